The van der Waals surface area contributed by atoms with Crippen LogP contribution < -0.4 is 5.56 Å². The largest absolute Gasteiger partial charge is 0.394 e. The van der Waals surface area contributed by atoms with Gasteiger partial charge in [-0.05, 0) is 46.9 Å². The Bertz CT molecular complexity index is 929. The standard InChI is InChI=1S/C17H15IN2O3S/c18-13-6-2-4-8-15(13)20-16(23)12-5-1-3-7-14(12)19-17(20)24-10-11(22)9-21/h1-8,11,21-22H,9-10H2. The van der Waals surface area contributed by atoms with Crippen LogP contribution in [0.5, 0.6) is 0 Å². The second kappa shape index (κ2) is 7.64. The van der Waals surface area contributed by atoms with Gasteiger partial charge in [-0.3, -0.25) is 9.36 Å². The van der Waals surface area contributed by atoms with Gasteiger partial charge in [-0.2, -0.15) is 0 Å². The van der Waals surface area contributed by atoms with E-state index in [1.807, 2.05) is 36.4 Å². The Morgan fingerprint density at radius 1 is 1.17 bits per heavy atom. The summed E-state index contributed by atoms with van der Waals surface area (Å²) in [6, 6.07) is 14.8. The van der Waals surface area contributed by atoms with E-state index in [9.17, 15) is 9.90 Å². The molecule has 2 aromatic carbocycles. The minimum absolute atomic E-state index is 0.147. The number of hydrogen-bond acceptors (Lipinski definition) is 5. The maximum Gasteiger partial charge on any atom is 0.266 e. The fourth-order valence-electron chi connectivity index (χ4n) is 2.28. The Morgan fingerprint density at radius 2 is 1.88 bits per heavy atom. The van der Waals surface area contributed by atoms with Crippen molar-refractivity contribution < 1.29 is 10.2 Å². The number of aromatic nitrogens is 2. The molecule has 7 heteroatoms. The van der Waals surface area contributed by atoms with Gasteiger partial charge < -0.3 is 10.2 Å². The van der Waals surface area contributed by atoms with Crippen LogP contribution in [0.15, 0.2) is 58.5 Å². The van der Waals surface area contributed by atoms with Crippen LogP contribution in [0.3, 0.4) is 0 Å². The van der Waals surface area contributed by atoms with E-state index in [0.717, 1.165) is 9.26 Å². The summed E-state index contributed by atoms with van der Waals surface area (Å²) in [6.07, 6.45) is -0.860. The summed E-state index contributed by atoms with van der Waals surface area (Å²) in [7, 11) is 0. The number of nitrogens with zero attached hydrogens (tertiary/aromatic N) is 2. The molecule has 1 aromatic heterocycles. The van der Waals surface area contributed by atoms with Crippen molar-refractivity contribution >= 4 is 45.3 Å². The molecule has 0 aliphatic rings. The molecular formula is C17H15IN2O3S. The molecule has 0 saturated carbocycles. The fourth-order valence-corrected chi connectivity index (χ4v) is 3.83. The number of benzene rings is 2. The quantitative estimate of drug-likeness (QED) is 0.352. The molecule has 0 amide bonds. The van der Waals surface area contributed by atoms with Crippen molar-refractivity contribution in [2.75, 3.05) is 12.4 Å². The Labute approximate surface area is 156 Å². The Hall–Kier alpha value is -1.42. The van der Waals surface area contributed by atoms with E-state index in [-0.39, 0.29) is 17.9 Å². The molecule has 5 nitrogen and oxygen atoms in total. The molecular weight excluding hydrogens is 439 g/mol. The zero-order valence-corrected chi connectivity index (χ0v) is 15.6. The highest BCUT2D eigenvalue weighted by molar-refractivity contribution is 14.1. The van der Waals surface area contributed by atoms with Crippen molar-refractivity contribution in [3.63, 3.8) is 0 Å². The van der Waals surface area contributed by atoms with E-state index in [2.05, 4.69) is 27.6 Å². The van der Waals surface area contributed by atoms with Gasteiger partial charge in [-0.15, -0.1) is 0 Å². The molecule has 0 aliphatic carbocycles. The number of para-hydroxylation sites is 2. The van der Waals surface area contributed by atoms with Gasteiger partial charge in [0.15, 0.2) is 5.16 Å². The predicted octanol–water partition coefficient (Wildman–Crippen LogP) is 2.44. The van der Waals surface area contributed by atoms with Gasteiger partial charge in [0.05, 0.1) is 29.3 Å². The van der Waals surface area contributed by atoms with Crippen LogP contribution in [0.1, 0.15) is 0 Å². The highest BCUT2D eigenvalue weighted by atomic mass is 127. The van der Waals surface area contributed by atoms with E-state index < -0.39 is 6.10 Å². The maximum atomic E-state index is 13.0. The lowest BCUT2D eigenvalue weighted by atomic mass is 10.2. The molecule has 3 rings (SSSR count). The van der Waals surface area contributed by atoms with Gasteiger partial charge in [0, 0.05) is 9.32 Å². The first-order chi connectivity index (χ1) is 11.6. The number of aliphatic hydroxyl groups is 2. The smallest absolute Gasteiger partial charge is 0.266 e. The Kier molecular flexibility index (Phi) is 5.54. The Morgan fingerprint density at radius 3 is 2.62 bits per heavy atom. The molecule has 0 bridgehead atoms. The first kappa shape index (κ1) is 17.4. The number of fused-ring (bicyclic) bond motifs is 1. The third-order valence-corrected chi connectivity index (χ3v) is 5.45. The van der Waals surface area contributed by atoms with Gasteiger partial charge in [0.1, 0.15) is 0 Å². The van der Waals surface area contributed by atoms with Crippen molar-refractivity contribution in [1.82, 2.24) is 9.55 Å². The van der Waals surface area contributed by atoms with Crippen molar-refractivity contribution in [2.45, 2.75) is 11.3 Å². The normalized spacial score (nSPS) is 12.5. The summed E-state index contributed by atoms with van der Waals surface area (Å²) < 4.78 is 2.50. The lowest BCUT2D eigenvalue weighted by Crippen LogP contribution is -2.23. The molecule has 0 radical (unpaired) electrons. The third kappa shape index (κ3) is 3.49. The molecule has 0 saturated heterocycles. The summed E-state index contributed by atoms with van der Waals surface area (Å²) in [5.41, 5.74) is 1.22. The van der Waals surface area contributed by atoms with Crippen LogP contribution in [0.25, 0.3) is 16.6 Å². The molecule has 24 heavy (non-hydrogen) atoms. The molecule has 1 heterocycles. The minimum Gasteiger partial charge on any atom is -0.394 e. The van der Waals surface area contributed by atoms with Crippen molar-refractivity contribution in [1.29, 1.82) is 0 Å². The predicted molar refractivity (Wildman–Crippen MR) is 104 cm³/mol. The lowest BCUT2D eigenvalue weighted by molar-refractivity contribution is 0.113. The second-order valence-corrected chi connectivity index (χ2v) is 7.30. The molecule has 0 spiro atoms. The molecule has 124 valence electrons. The first-order valence-electron chi connectivity index (χ1n) is 7.30. The van der Waals surface area contributed by atoms with E-state index in [1.165, 1.54) is 11.8 Å². The van der Waals surface area contributed by atoms with E-state index >= 15 is 0 Å². The summed E-state index contributed by atoms with van der Waals surface area (Å²) >= 11 is 3.43. The number of rotatable bonds is 5. The molecule has 2 N–H and O–H groups in total. The zero-order valence-electron chi connectivity index (χ0n) is 12.6. The molecule has 3 aromatic rings. The minimum atomic E-state index is -0.860. The highest BCUT2D eigenvalue weighted by Crippen LogP contribution is 2.24. The third-order valence-electron chi connectivity index (χ3n) is 3.45. The SMILES string of the molecule is O=c1c2ccccc2nc(SCC(O)CO)n1-c1ccccc1I. The molecule has 0 aliphatic heterocycles. The second-order valence-electron chi connectivity index (χ2n) is 5.15. The van der Waals surface area contributed by atoms with Crippen molar-refractivity contribution in [3.8, 4) is 5.69 Å². The number of hydrogen-bond donors (Lipinski definition) is 2. The topological polar surface area (TPSA) is 75.3 Å². The summed E-state index contributed by atoms with van der Waals surface area (Å²) in [4.78, 5) is 17.6. The molecule has 1 unspecified atom stereocenters. The van der Waals surface area contributed by atoms with Crippen LogP contribution in [0, 0.1) is 3.57 Å². The average Bonchev–Trinajstić information content (AvgIpc) is 2.61. The maximum absolute atomic E-state index is 13.0. The highest BCUT2D eigenvalue weighted by Gasteiger charge is 2.16. The van der Waals surface area contributed by atoms with E-state index in [0.29, 0.717) is 16.1 Å². The first-order valence-corrected chi connectivity index (χ1v) is 9.36. The zero-order chi connectivity index (χ0) is 17.1. The molecule has 0 fully saturated rings. The van der Waals surface area contributed by atoms with Gasteiger partial charge >= 0.3 is 0 Å². The van der Waals surface area contributed by atoms with E-state index in [4.69, 9.17) is 5.11 Å². The van der Waals surface area contributed by atoms with Crippen molar-refractivity contribution in [2.24, 2.45) is 0 Å². The van der Waals surface area contributed by atoms with Gasteiger partial charge in [0.25, 0.3) is 5.56 Å². The van der Waals surface area contributed by atoms with Crippen LogP contribution in [-0.4, -0.2) is 38.2 Å². The number of halogens is 1. The summed E-state index contributed by atoms with van der Waals surface area (Å²) in [6.45, 7) is -0.326. The number of thioether (sulfide) groups is 1. The summed E-state index contributed by atoms with van der Waals surface area (Å²) in [5.74, 6) is 0.255. The fraction of sp³-hybridized carbons (Fsp3) is 0.176. The van der Waals surface area contributed by atoms with Crippen LogP contribution >= 0.6 is 34.4 Å². The van der Waals surface area contributed by atoms with Gasteiger partial charge in [-0.25, -0.2) is 4.98 Å². The summed E-state index contributed by atoms with van der Waals surface area (Å²) in [5, 5.41) is 19.7. The van der Waals surface area contributed by atoms with Crippen LogP contribution in [-0.2, 0) is 0 Å². The molecule has 1 atom stereocenters. The van der Waals surface area contributed by atoms with Gasteiger partial charge in [-0.1, -0.05) is 36.0 Å². The monoisotopic (exact) mass is 454 g/mol. The van der Waals surface area contributed by atoms with Crippen LogP contribution in [0.4, 0.5) is 0 Å². The average molecular weight is 454 g/mol. The Balaban J connectivity index is 2.22. The number of aliphatic hydroxyl groups excluding tert-OH is 2. The van der Waals surface area contributed by atoms with Crippen molar-refractivity contribution in [3.05, 3.63) is 62.5 Å². The van der Waals surface area contributed by atoms with Crippen LogP contribution in [0.2, 0.25) is 0 Å². The lowest BCUT2D eigenvalue weighted by Gasteiger charge is -2.15. The van der Waals surface area contributed by atoms with E-state index in [1.54, 1.807) is 16.7 Å². The van der Waals surface area contributed by atoms with Gasteiger partial charge in [0.2, 0.25) is 0 Å².